The van der Waals surface area contributed by atoms with Crippen LogP contribution in [0.1, 0.15) is 11.3 Å². The standard InChI is InChI=1S/C20H29N3O3/c1-25-13-10-21-15-20(24)23(12-14-26-2)17-19-9-6-11-22(19)16-18-7-4-3-5-8-18/h3-9,11,21H,10,12-17H2,1-2H3. The molecule has 0 saturated carbocycles. The molecule has 6 heteroatoms. The summed E-state index contributed by atoms with van der Waals surface area (Å²) in [5, 5.41) is 3.11. The zero-order valence-electron chi connectivity index (χ0n) is 15.7. The second-order valence-corrected chi connectivity index (χ2v) is 6.09. The number of aromatic nitrogens is 1. The maximum Gasteiger partial charge on any atom is 0.236 e. The highest BCUT2D eigenvalue weighted by Crippen LogP contribution is 2.11. The van der Waals surface area contributed by atoms with Gasteiger partial charge in [-0.25, -0.2) is 0 Å². The van der Waals surface area contributed by atoms with E-state index in [4.69, 9.17) is 9.47 Å². The minimum absolute atomic E-state index is 0.0608. The van der Waals surface area contributed by atoms with Crippen LogP contribution in [0.4, 0.5) is 0 Å². The molecule has 0 spiro atoms. The molecule has 1 N–H and O–H groups in total. The summed E-state index contributed by atoms with van der Waals surface area (Å²) in [6, 6.07) is 14.4. The molecule has 6 nitrogen and oxygen atoms in total. The van der Waals surface area contributed by atoms with E-state index < -0.39 is 0 Å². The van der Waals surface area contributed by atoms with Gasteiger partial charge in [-0.3, -0.25) is 4.79 Å². The van der Waals surface area contributed by atoms with E-state index in [1.165, 1.54) is 5.56 Å². The quantitative estimate of drug-likeness (QED) is 0.587. The summed E-state index contributed by atoms with van der Waals surface area (Å²) in [5.74, 6) is 0.0608. The molecule has 0 aliphatic rings. The molecule has 142 valence electrons. The number of hydrogen-bond donors (Lipinski definition) is 1. The van der Waals surface area contributed by atoms with Crippen molar-refractivity contribution in [3.8, 4) is 0 Å². The minimum Gasteiger partial charge on any atom is -0.383 e. The summed E-state index contributed by atoms with van der Waals surface area (Å²) < 4.78 is 12.3. The molecule has 0 aliphatic carbocycles. The van der Waals surface area contributed by atoms with Gasteiger partial charge in [-0.05, 0) is 17.7 Å². The number of nitrogens with one attached hydrogen (secondary N) is 1. The Hall–Kier alpha value is -2.15. The fourth-order valence-electron chi connectivity index (χ4n) is 2.70. The Morgan fingerprint density at radius 2 is 1.85 bits per heavy atom. The number of carbonyl (C=O) groups excluding carboxylic acids is 1. The normalized spacial score (nSPS) is 10.8. The van der Waals surface area contributed by atoms with Gasteiger partial charge in [0, 0.05) is 45.7 Å². The van der Waals surface area contributed by atoms with Crippen molar-refractivity contribution in [2.75, 3.05) is 47.1 Å². The molecule has 2 rings (SSSR count). The second kappa shape index (κ2) is 11.5. The molecule has 26 heavy (non-hydrogen) atoms. The Kier molecular flexibility index (Phi) is 8.89. The molecule has 0 saturated heterocycles. The van der Waals surface area contributed by atoms with E-state index in [9.17, 15) is 4.79 Å². The predicted octanol–water partition coefficient (Wildman–Crippen LogP) is 1.75. The van der Waals surface area contributed by atoms with Gasteiger partial charge in [-0.2, -0.15) is 0 Å². The minimum atomic E-state index is 0.0608. The van der Waals surface area contributed by atoms with Crippen molar-refractivity contribution in [1.82, 2.24) is 14.8 Å². The van der Waals surface area contributed by atoms with E-state index in [-0.39, 0.29) is 5.91 Å². The average molecular weight is 359 g/mol. The van der Waals surface area contributed by atoms with Crippen molar-refractivity contribution in [3.05, 3.63) is 59.9 Å². The van der Waals surface area contributed by atoms with Crippen LogP contribution in [0.5, 0.6) is 0 Å². The van der Waals surface area contributed by atoms with Crippen LogP contribution in [-0.2, 0) is 27.4 Å². The number of rotatable bonds is 12. The largest absolute Gasteiger partial charge is 0.383 e. The third kappa shape index (κ3) is 6.63. The van der Waals surface area contributed by atoms with Crippen molar-refractivity contribution >= 4 is 5.91 Å². The van der Waals surface area contributed by atoms with E-state index >= 15 is 0 Å². The van der Waals surface area contributed by atoms with Crippen molar-refractivity contribution in [3.63, 3.8) is 0 Å². The van der Waals surface area contributed by atoms with Crippen LogP contribution in [0.2, 0.25) is 0 Å². The zero-order chi connectivity index (χ0) is 18.6. The van der Waals surface area contributed by atoms with E-state index in [0.29, 0.717) is 39.4 Å². The molecule has 0 bridgehead atoms. The van der Waals surface area contributed by atoms with Gasteiger partial charge in [0.1, 0.15) is 0 Å². The lowest BCUT2D eigenvalue weighted by atomic mass is 10.2. The maximum atomic E-state index is 12.6. The van der Waals surface area contributed by atoms with Gasteiger partial charge in [0.05, 0.1) is 26.3 Å². The monoisotopic (exact) mass is 359 g/mol. The smallest absolute Gasteiger partial charge is 0.236 e. The van der Waals surface area contributed by atoms with Crippen molar-refractivity contribution in [2.45, 2.75) is 13.1 Å². The van der Waals surface area contributed by atoms with E-state index in [2.05, 4.69) is 34.3 Å². The Bertz CT molecular complexity index is 643. The van der Waals surface area contributed by atoms with E-state index in [1.54, 1.807) is 14.2 Å². The van der Waals surface area contributed by atoms with Gasteiger partial charge in [0.2, 0.25) is 5.91 Å². The summed E-state index contributed by atoms with van der Waals surface area (Å²) in [4.78, 5) is 14.4. The Labute approximate surface area is 155 Å². The van der Waals surface area contributed by atoms with Gasteiger partial charge in [-0.15, -0.1) is 0 Å². The number of carbonyl (C=O) groups is 1. The summed E-state index contributed by atoms with van der Waals surface area (Å²) in [6.07, 6.45) is 2.05. The summed E-state index contributed by atoms with van der Waals surface area (Å²) >= 11 is 0. The Morgan fingerprint density at radius 1 is 1.08 bits per heavy atom. The van der Waals surface area contributed by atoms with Crippen molar-refractivity contribution in [2.24, 2.45) is 0 Å². The van der Waals surface area contributed by atoms with Gasteiger partial charge in [-0.1, -0.05) is 30.3 Å². The molecular weight excluding hydrogens is 330 g/mol. The van der Waals surface area contributed by atoms with Gasteiger partial charge < -0.3 is 24.3 Å². The second-order valence-electron chi connectivity index (χ2n) is 6.09. The molecular formula is C20H29N3O3. The van der Waals surface area contributed by atoms with Crippen molar-refractivity contribution in [1.29, 1.82) is 0 Å². The maximum absolute atomic E-state index is 12.6. The van der Waals surface area contributed by atoms with Crippen molar-refractivity contribution < 1.29 is 14.3 Å². The summed E-state index contributed by atoms with van der Waals surface area (Å²) in [7, 11) is 3.30. The van der Waals surface area contributed by atoms with E-state index in [1.807, 2.05) is 29.2 Å². The molecule has 1 aromatic carbocycles. The molecule has 0 atom stereocenters. The van der Waals surface area contributed by atoms with Gasteiger partial charge in [0.15, 0.2) is 0 Å². The number of benzene rings is 1. The fourth-order valence-corrected chi connectivity index (χ4v) is 2.70. The first-order valence-electron chi connectivity index (χ1n) is 8.89. The highest BCUT2D eigenvalue weighted by molar-refractivity contribution is 5.78. The number of nitrogens with zero attached hydrogens (tertiary/aromatic N) is 2. The molecule has 1 amide bonds. The highest BCUT2D eigenvalue weighted by Gasteiger charge is 2.15. The third-order valence-corrected chi connectivity index (χ3v) is 4.15. The number of ether oxygens (including phenoxy) is 2. The lowest BCUT2D eigenvalue weighted by Gasteiger charge is -2.23. The number of hydrogen-bond acceptors (Lipinski definition) is 4. The summed E-state index contributed by atoms with van der Waals surface area (Å²) in [6.45, 7) is 3.99. The highest BCUT2D eigenvalue weighted by atomic mass is 16.5. The van der Waals surface area contributed by atoms with Crippen LogP contribution in [0.15, 0.2) is 48.7 Å². The lowest BCUT2D eigenvalue weighted by molar-refractivity contribution is -0.131. The molecule has 0 radical (unpaired) electrons. The molecule has 1 aromatic heterocycles. The topological polar surface area (TPSA) is 55.7 Å². The molecule has 1 heterocycles. The molecule has 2 aromatic rings. The molecule has 0 fully saturated rings. The summed E-state index contributed by atoms with van der Waals surface area (Å²) in [5.41, 5.74) is 2.34. The SMILES string of the molecule is COCCNCC(=O)N(CCOC)Cc1cccn1Cc1ccccc1. The van der Waals surface area contributed by atoms with Gasteiger partial charge in [0.25, 0.3) is 0 Å². The van der Waals surface area contributed by atoms with Crippen LogP contribution in [-0.4, -0.2) is 62.4 Å². The fraction of sp³-hybridized carbons (Fsp3) is 0.450. The third-order valence-electron chi connectivity index (χ3n) is 4.15. The van der Waals surface area contributed by atoms with Gasteiger partial charge >= 0.3 is 0 Å². The first-order valence-corrected chi connectivity index (χ1v) is 8.89. The molecule has 0 aliphatic heterocycles. The van der Waals surface area contributed by atoms with Crippen LogP contribution in [0, 0.1) is 0 Å². The van der Waals surface area contributed by atoms with Crippen LogP contribution < -0.4 is 5.32 Å². The van der Waals surface area contributed by atoms with Crippen LogP contribution in [0.3, 0.4) is 0 Å². The van der Waals surface area contributed by atoms with Crippen LogP contribution in [0.25, 0.3) is 0 Å². The van der Waals surface area contributed by atoms with Crippen LogP contribution >= 0.6 is 0 Å². The zero-order valence-corrected chi connectivity index (χ0v) is 15.7. The predicted molar refractivity (Wildman–Crippen MR) is 102 cm³/mol. The number of amides is 1. The first-order chi connectivity index (χ1) is 12.7. The first kappa shape index (κ1) is 20.2. The Morgan fingerprint density at radius 3 is 2.58 bits per heavy atom. The molecule has 0 unspecified atom stereocenters. The number of methoxy groups -OCH3 is 2. The Balaban J connectivity index is 1.99. The van der Waals surface area contributed by atoms with E-state index in [0.717, 1.165) is 12.2 Å². The average Bonchev–Trinajstić information content (AvgIpc) is 3.09. The lowest BCUT2D eigenvalue weighted by Crippen LogP contribution is -2.40.